The molecule has 8 nitrogen and oxygen atoms in total. The van der Waals surface area contributed by atoms with E-state index in [9.17, 15) is 30.0 Å². The SMILES string of the molecule is Cn1ccnc1S(=O)(=O)C1CN(S(=O)(=O)c2ccc(OC(F)(F)F)cc2)C1. The van der Waals surface area contributed by atoms with Gasteiger partial charge in [0.2, 0.25) is 25.0 Å². The highest BCUT2D eigenvalue weighted by Gasteiger charge is 2.45. The highest BCUT2D eigenvalue weighted by Crippen LogP contribution is 2.29. The van der Waals surface area contributed by atoms with Gasteiger partial charge in [-0.2, -0.15) is 4.31 Å². The van der Waals surface area contributed by atoms with Crippen LogP contribution in [0.25, 0.3) is 0 Å². The first-order chi connectivity index (χ1) is 12.4. The van der Waals surface area contributed by atoms with Crippen LogP contribution in [0.2, 0.25) is 0 Å². The smallest absolute Gasteiger partial charge is 0.406 e. The summed E-state index contributed by atoms with van der Waals surface area (Å²) in [7, 11) is -6.31. The quantitative estimate of drug-likeness (QED) is 0.713. The second kappa shape index (κ2) is 6.49. The number of sulfonamides is 1. The summed E-state index contributed by atoms with van der Waals surface area (Å²) < 4.78 is 92.3. The van der Waals surface area contributed by atoms with E-state index in [2.05, 4.69) is 9.72 Å². The van der Waals surface area contributed by atoms with E-state index in [1.54, 1.807) is 0 Å². The molecular formula is C14H14F3N3O5S2. The van der Waals surface area contributed by atoms with Crippen LogP contribution in [0.3, 0.4) is 0 Å². The molecule has 1 aromatic carbocycles. The monoisotopic (exact) mass is 425 g/mol. The molecule has 0 aliphatic carbocycles. The lowest BCUT2D eigenvalue weighted by molar-refractivity contribution is -0.274. The molecule has 0 atom stereocenters. The summed E-state index contributed by atoms with van der Waals surface area (Å²) in [6.45, 7) is -0.531. The van der Waals surface area contributed by atoms with Crippen LogP contribution in [0, 0.1) is 0 Å². The van der Waals surface area contributed by atoms with Crippen molar-refractivity contribution in [1.82, 2.24) is 13.9 Å². The number of ether oxygens (including phenoxy) is 1. The Morgan fingerprint density at radius 2 is 1.70 bits per heavy atom. The summed E-state index contributed by atoms with van der Waals surface area (Å²) in [6.07, 6.45) is -2.10. The maximum atomic E-state index is 12.5. The molecule has 1 saturated heterocycles. The maximum Gasteiger partial charge on any atom is 0.573 e. The Balaban J connectivity index is 1.72. The Kier molecular flexibility index (Phi) is 4.72. The number of hydrogen-bond acceptors (Lipinski definition) is 6. The Morgan fingerprint density at radius 3 is 2.19 bits per heavy atom. The normalized spacial score (nSPS) is 16.9. The molecule has 0 amide bonds. The standard InChI is InChI=1S/C14H14F3N3O5S2/c1-19-7-6-18-13(19)26(21,22)12-8-20(9-12)27(23,24)11-4-2-10(3-5-11)25-14(15,16)17/h2-7,12H,8-9H2,1H3. The first-order valence-corrected chi connectivity index (χ1v) is 10.5. The van der Waals surface area contributed by atoms with Crippen LogP contribution >= 0.6 is 0 Å². The number of nitrogens with zero attached hydrogens (tertiary/aromatic N) is 3. The van der Waals surface area contributed by atoms with E-state index < -0.39 is 37.2 Å². The molecular weight excluding hydrogens is 411 g/mol. The summed E-state index contributed by atoms with van der Waals surface area (Å²) in [5.41, 5.74) is 0. The Hall–Kier alpha value is -2.12. The van der Waals surface area contributed by atoms with E-state index in [-0.39, 0.29) is 23.1 Å². The molecule has 0 spiro atoms. The Labute approximate surface area is 153 Å². The van der Waals surface area contributed by atoms with Gasteiger partial charge in [-0.25, -0.2) is 21.8 Å². The van der Waals surface area contributed by atoms with E-state index in [0.29, 0.717) is 0 Å². The Morgan fingerprint density at radius 1 is 1.11 bits per heavy atom. The number of sulfone groups is 1. The molecule has 1 aliphatic rings. The van der Waals surface area contributed by atoms with Crippen molar-refractivity contribution in [2.45, 2.75) is 21.7 Å². The first kappa shape index (κ1) is 19.6. The fourth-order valence-corrected chi connectivity index (χ4v) is 5.97. The minimum absolute atomic E-state index is 0.154. The van der Waals surface area contributed by atoms with Crippen molar-refractivity contribution >= 4 is 19.9 Å². The summed E-state index contributed by atoms with van der Waals surface area (Å²) in [5, 5.41) is -1.10. The van der Waals surface area contributed by atoms with Gasteiger partial charge in [0.15, 0.2) is 0 Å². The third kappa shape index (κ3) is 3.80. The molecule has 2 aromatic rings. The lowest BCUT2D eigenvalue weighted by Crippen LogP contribution is -2.56. The van der Waals surface area contributed by atoms with Crippen LogP contribution in [-0.2, 0) is 26.9 Å². The molecule has 1 aromatic heterocycles. The molecule has 27 heavy (non-hydrogen) atoms. The molecule has 148 valence electrons. The number of aromatic nitrogens is 2. The van der Waals surface area contributed by atoms with Crippen molar-refractivity contribution in [1.29, 1.82) is 0 Å². The van der Waals surface area contributed by atoms with Gasteiger partial charge in [-0.15, -0.1) is 13.2 Å². The highest BCUT2D eigenvalue weighted by atomic mass is 32.2. The zero-order valence-corrected chi connectivity index (χ0v) is 15.4. The predicted octanol–water partition coefficient (Wildman–Crippen LogP) is 1.17. The summed E-state index contributed by atoms with van der Waals surface area (Å²) in [6, 6.07) is 3.69. The van der Waals surface area contributed by atoms with Crippen LogP contribution in [0.1, 0.15) is 0 Å². The average Bonchev–Trinajstić information content (AvgIpc) is 2.91. The minimum atomic E-state index is -4.88. The van der Waals surface area contributed by atoms with E-state index in [4.69, 9.17) is 0 Å². The van der Waals surface area contributed by atoms with Gasteiger partial charge >= 0.3 is 6.36 Å². The van der Waals surface area contributed by atoms with E-state index in [0.717, 1.165) is 28.6 Å². The van der Waals surface area contributed by atoms with Crippen molar-refractivity contribution in [2.75, 3.05) is 13.1 Å². The predicted molar refractivity (Wildman–Crippen MR) is 86.1 cm³/mol. The second-order valence-corrected chi connectivity index (χ2v) is 9.89. The van der Waals surface area contributed by atoms with Gasteiger partial charge in [0.25, 0.3) is 0 Å². The zero-order chi connectivity index (χ0) is 20.0. The summed E-state index contributed by atoms with van der Waals surface area (Å²) in [5.74, 6) is -0.555. The van der Waals surface area contributed by atoms with Gasteiger partial charge in [0.1, 0.15) is 5.75 Å². The molecule has 2 heterocycles. The minimum Gasteiger partial charge on any atom is -0.406 e. The van der Waals surface area contributed by atoms with Crippen LogP contribution in [-0.4, -0.2) is 55.4 Å². The number of imidazole rings is 1. The van der Waals surface area contributed by atoms with Crippen LogP contribution in [0.4, 0.5) is 13.2 Å². The van der Waals surface area contributed by atoms with Crippen molar-refractivity contribution < 1.29 is 34.7 Å². The lowest BCUT2D eigenvalue weighted by Gasteiger charge is -2.37. The van der Waals surface area contributed by atoms with Gasteiger partial charge in [0.05, 0.1) is 10.1 Å². The highest BCUT2D eigenvalue weighted by molar-refractivity contribution is 7.92. The van der Waals surface area contributed by atoms with Gasteiger partial charge in [-0.3, -0.25) is 0 Å². The van der Waals surface area contributed by atoms with Gasteiger partial charge < -0.3 is 9.30 Å². The van der Waals surface area contributed by atoms with E-state index >= 15 is 0 Å². The van der Waals surface area contributed by atoms with Gasteiger partial charge in [0, 0.05) is 32.5 Å². The molecule has 13 heteroatoms. The topological polar surface area (TPSA) is 98.6 Å². The Bertz CT molecular complexity index is 1040. The fourth-order valence-electron chi connectivity index (χ4n) is 2.53. The number of hydrogen-bond donors (Lipinski definition) is 0. The van der Waals surface area contributed by atoms with Crippen molar-refractivity contribution in [3.63, 3.8) is 0 Å². The van der Waals surface area contributed by atoms with E-state index in [1.807, 2.05) is 0 Å². The molecule has 1 fully saturated rings. The number of aryl methyl sites for hydroxylation is 1. The molecule has 0 radical (unpaired) electrons. The van der Waals surface area contributed by atoms with E-state index in [1.165, 1.54) is 24.0 Å². The molecule has 3 rings (SSSR count). The largest absolute Gasteiger partial charge is 0.573 e. The first-order valence-electron chi connectivity index (χ1n) is 7.48. The second-order valence-electron chi connectivity index (χ2n) is 5.83. The summed E-state index contributed by atoms with van der Waals surface area (Å²) in [4.78, 5) is 3.52. The molecule has 0 saturated carbocycles. The third-order valence-corrected chi connectivity index (χ3v) is 7.90. The number of rotatable bonds is 5. The van der Waals surface area contributed by atoms with Crippen molar-refractivity contribution in [3.05, 3.63) is 36.7 Å². The van der Waals surface area contributed by atoms with Crippen molar-refractivity contribution in [3.8, 4) is 5.75 Å². The number of halogens is 3. The van der Waals surface area contributed by atoms with Crippen molar-refractivity contribution in [2.24, 2.45) is 7.05 Å². The average molecular weight is 425 g/mol. The zero-order valence-electron chi connectivity index (χ0n) is 13.8. The fraction of sp³-hybridized carbons (Fsp3) is 0.357. The molecule has 0 bridgehead atoms. The van der Waals surface area contributed by atoms with Crippen LogP contribution < -0.4 is 4.74 Å². The van der Waals surface area contributed by atoms with Gasteiger partial charge in [-0.1, -0.05) is 0 Å². The molecule has 1 aliphatic heterocycles. The van der Waals surface area contributed by atoms with Crippen LogP contribution in [0.15, 0.2) is 46.7 Å². The lowest BCUT2D eigenvalue weighted by atomic mass is 10.3. The molecule has 0 N–H and O–H groups in total. The third-order valence-electron chi connectivity index (χ3n) is 3.98. The number of alkyl halides is 3. The number of benzene rings is 1. The summed E-state index contributed by atoms with van der Waals surface area (Å²) >= 11 is 0. The van der Waals surface area contributed by atoms with Gasteiger partial charge in [-0.05, 0) is 24.3 Å². The molecule has 0 unspecified atom stereocenters. The van der Waals surface area contributed by atoms with Crippen LogP contribution in [0.5, 0.6) is 5.75 Å². The maximum absolute atomic E-state index is 12.5.